The van der Waals surface area contributed by atoms with Crippen molar-refractivity contribution in [2.75, 3.05) is 6.26 Å². The van der Waals surface area contributed by atoms with E-state index < -0.39 is 0 Å². The third-order valence-electron chi connectivity index (χ3n) is 2.68. The smallest absolute Gasteiger partial charge is 0.101 e. The Morgan fingerprint density at radius 2 is 2.07 bits per heavy atom. The van der Waals surface area contributed by atoms with Gasteiger partial charge in [-0.3, -0.25) is 0 Å². The molecule has 0 aromatic carbocycles. The molecule has 0 saturated carbocycles. The van der Waals surface area contributed by atoms with Crippen LogP contribution in [0, 0.1) is 11.3 Å². The van der Waals surface area contributed by atoms with Crippen LogP contribution in [0.1, 0.15) is 29.5 Å². The summed E-state index contributed by atoms with van der Waals surface area (Å²) in [5.41, 5.74) is 3.35. The first-order valence-electron chi connectivity index (χ1n) is 4.81. The lowest BCUT2D eigenvalue weighted by atomic mass is 9.90. The highest BCUT2D eigenvalue weighted by molar-refractivity contribution is 7.98. The molecule has 3 heteroatoms. The van der Waals surface area contributed by atoms with E-state index in [0.29, 0.717) is 0 Å². The number of aromatic nitrogens is 1. The van der Waals surface area contributed by atoms with Gasteiger partial charge >= 0.3 is 0 Å². The maximum absolute atomic E-state index is 8.96. The molecular weight excluding hydrogens is 192 g/mol. The van der Waals surface area contributed by atoms with E-state index in [0.717, 1.165) is 23.4 Å². The minimum atomic E-state index is 0.775. The highest BCUT2D eigenvalue weighted by Gasteiger charge is 2.17. The zero-order chi connectivity index (χ0) is 9.97. The van der Waals surface area contributed by atoms with Crippen molar-refractivity contribution in [1.82, 2.24) is 4.98 Å². The number of hydrogen-bond donors (Lipinski definition) is 0. The van der Waals surface area contributed by atoms with Crippen molar-refractivity contribution in [1.29, 1.82) is 5.26 Å². The number of rotatable bonds is 1. The Morgan fingerprint density at radius 3 is 2.71 bits per heavy atom. The molecule has 1 heterocycles. The molecule has 0 saturated heterocycles. The SMILES string of the molecule is CSc1ncc(C#N)c2c1CCCC2. The van der Waals surface area contributed by atoms with Crippen molar-refractivity contribution >= 4 is 11.8 Å². The Kier molecular flexibility index (Phi) is 2.74. The first-order valence-corrected chi connectivity index (χ1v) is 6.04. The van der Waals surface area contributed by atoms with Crippen molar-refractivity contribution in [3.8, 4) is 6.07 Å². The number of nitriles is 1. The number of pyridine rings is 1. The number of fused-ring (bicyclic) bond motifs is 1. The fourth-order valence-corrected chi connectivity index (χ4v) is 2.62. The van der Waals surface area contributed by atoms with Crippen LogP contribution in [0.15, 0.2) is 11.2 Å². The summed E-state index contributed by atoms with van der Waals surface area (Å²) in [7, 11) is 0. The van der Waals surface area contributed by atoms with Gasteiger partial charge in [-0.2, -0.15) is 5.26 Å². The standard InChI is InChI=1S/C11H12N2S/c1-14-11-10-5-3-2-4-9(10)8(6-12)7-13-11/h7H,2-5H2,1H3. The van der Waals surface area contributed by atoms with Gasteiger partial charge in [0.2, 0.25) is 0 Å². The summed E-state index contributed by atoms with van der Waals surface area (Å²) >= 11 is 1.68. The van der Waals surface area contributed by atoms with Gasteiger partial charge < -0.3 is 0 Å². The summed E-state index contributed by atoms with van der Waals surface area (Å²) in [6.45, 7) is 0. The van der Waals surface area contributed by atoms with Crippen LogP contribution < -0.4 is 0 Å². The van der Waals surface area contributed by atoms with Crippen LogP contribution in [0.3, 0.4) is 0 Å². The highest BCUT2D eigenvalue weighted by Crippen LogP contribution is 2.30. The van der Waals surface area contributed by atoms with E-state index in [-0.39, 0.29) is 0 Å². The molecule has 72 valence electrons. The fourth-order valence-electron chi connectivity index (χ4n) is 1.99. The average molecular weight is 204 g/mol. The van der Waals surface area contributed by atoms with Gasteiger partial charge in [0.1, 0.15) is 6.07 Å². The quantitative estimate of drug-likeness (QED) is 0.660. The molecule has 2 nitrogen and oxygen atoms in total. The first kappa shape index (κ1) is 9.54. The monoisotopic (exact) mass is 204 g/mol. The third-order valence-corrected chi connectivity index (χ3v) is 3.41. The van der Waals surface area contributed by atoms with Crippen LogP contribution in [-0.2, 0) is 12.8 Å². The van der Waals surface area contributed by atoms with E-state index in [1.165, 1.54) is 24.0 Å². The normalized spacial score (nSPS) is 14.6. The van der Waals surface area contributed by atoms with E-state index in [1.54, 1.807) is 18.0 Å². The molecule has 0 bridgehead atoms. The summed E-state index contributed by atoms with van der Waals surface area (Å²) in [5, 5.41) is 10.1. The summed E-state index contributed by atoms with van der Waals surface area (Å²) in [6.07, 6.45) is 8.35. The zero-order valence-corrected chi connectivity index (χ0v) is 9.02. The maximum atomic E-state index is 8.96. The second kappa shape index (κ2) is 4.02. The number of nitrogens with zero attached hydrogens (tertiary/aromatic N) is 2. The molecule has 1 aromatic rings. The van der Waals surface area contributed by atoms with Crippen LogP contribution in [0.5, 0.6) is 0 Å². The van der Waals surface area contributed by atoms with E-state index >= 15 is 0 Å². The van der Waals surface area contributed by atoms with Crippen LogP contribution in [0.2, 0.25) is 0 Å². The van der Waals surface area contributed by atoms with Gasteiger partial charge in [-0.25, -0.2) is 4.98 Å². The van der Waals surface area contributed by atoms with Gasteiger partial charge in [0.25, 0.3) is 0 Å². The molecular formula is C11H12N2S. The van der Waals surface area contributed by atoms with Crippen molar-refractivity contribution in [3.63, 3.8) is 0 Å². The fraction of sp³-hybridized carbons (Fsp3) is 0.455. The van der Waals surface area contributed by atoms with Crippen LogP contribution >= 0.6 is 11.8 Å². The average Bonchev–Trinajstić information content (AvgIpc) is 2.27. The number of hydrogen-bond acceptors (Lipinski definition) is 3. The largest absolute Gasteiger partial charge is 0.248 e. The molecule has 2 rings (SSSR count). The van der Waals surface area contributed by atoms with Crippen molar-refractivity contribution in [2.45, 2.75) is 30.7 Å². The van der Waals surface area contributed by atoms with Gasteiger partial charge in [0.05, 0.1) is 10.6 Å². The molecule has 0 fully saturated rings. The maximum Gasteiger partial charge on any atom is 0.101 e. The van der Waals surface area contributed by atoms with Crippen LogP contribution in [0.4, 0.5) is 0 Å². The predicted octanol–water partition coefficient (Wildman–Crippen LogP) is 2.55. The van der Waals surface area contributed by atoms with E-state index in [1.807, 2.05) is 6.26 Å². The lowest BCUT2D eigenvalue weighted by Gasteiger charge is -2.18. The second-order valence-electron chi connectivity index (χ2n) is 3.46. The summed E-state index contributed by atoms with van der Waals surface area (Å²) < 4.78 is 0. The van der Waals surface area contributed by atoms with Crippen LogP contribution in [-0.4, -0.2) is 11.2 Å². The van der Waals surface area contributed by atoms with E-state index in [2.05, 4.69) is 11.1 Å². The summed E-state index contributed by atoms with van der Waals surface area (Å²) in [4.78, 5) is 4.32. The third kappa shape index (κ3) is 1.51. The van der Waals surface area contributed by atoms with Gasteiger partial charge in [-0.05, 0) is 43.1 Å². The van der Waals surface area contributed by atoms with Gasteiger partial charge in [0.15, 0.2) is 0 Å². The Bertz CT molecular complexity index is 393. The Labute approximate surface area is 88.4 Å². The second-order valence-corrected chi connectivity index (χ2v) is 4.25. The molecule has 0 atom stereocenters. The molecule has 0 unspecified atom stereocenters. The molecule has 1 aliphatic carbocycles. The van der Waals surface area contributed by atoms with Gasteiger partial charge in [-0.1, -0.05) is 0 Å². The summed E-state index contributed by atoms with van der Waals surface area (Å²) in [6, 6.07) is 2.23. The Balaban J connectivity index is 2.57. The van der Waals surface area contributed by atoms with E-state index in [4.69, 9.17) is 5.26 Å². The molecule has 1 aromatic heterocycles. The van der Waals surface area contributed by atoms with Crippen LogP contribution in [0.25, 0.3) is 0 Å². The molecule has 14 heavy (non-hydrogen) atoms. The molecule has 0 N–H and O–H groups in total. The minimum Gasteiger partial charge on any atom is -0.248 e. The minimum absolute atomic E-state index is 0.775. The van der Waals surface area contributed by atoms with Crippen molar-refractivity contribution < 1.29 is 0 Å². The molecule has 1 aliphatic rings. The highest BCUT2D eigenvalue weighted by atomic mass is 32.2. The lowest BCUT2D eigenvalue weighted by Crippen LogP contribution is -2.08. The zero-order valence-electron chi connectivity index (χ0n) is 8.21. The van der Waals surface area contributed by atoms with Crippen molar-refractivity contribution in [3.05, 3.63) is 22.9 Å². The predicted molar refractivity (Wildman–Crippen MR) is 57.4 cm³/mol. The Hall–Kier alpha value is -1.01. The number of thioether (sulfide) groups is 1. The molecule has 0 spiro atoms. The van der Waals surface area contributed by atoms with Gasteiger partial charge in [-0.15, -0.1) is 11.8 Å². The lowest BCUT2D eigenvalue weighted by molar-refractivity contribution is 0.665. The van der Waals surface area contributed by atoms with Crippen molar-refractivity contribution in [2.24, 2.45) is 0 Å². The van der Waals surface area contributed by atoms with Gasteiger partial charge in [0, 0.05) is 6.20 Å². The molecule has 0 radical (unpaired) electrons. The van der Waals surface area contributed by atoms with E-state index in [9.17, 15) is 0 Å². The topological polar surface area (TPSA) is 36.7 Å². The molecule has 0 amide bonds. The first-order chi connectivity index (χ1) is 6.86. The Morgan fingerprint density at radius 1 is 1.36 bits per heavy atom. The molecule has 0 aliphatic heterocycles. The summed E-state index contributed by atoms with van der Waals surface area (Å²) in [5.74, 6) is 0.